The maximum atomic E-state index is 11.9. The lowest BCUT2D eigenvalue weighted by molar-refractivity contribution is -0.383. The fourth-order valence-electron chi connectivity index (χ4n) is 1.89. The Kier molecular flexibility index (Phi) is 4.16. The van der Waals surface area contributed by atoms with Crippen molar-refractivity contribution < 1.29 is 14.5 Å². The molecule has 0 aliphatic carbocycles. The van der Waals surface area contributed by atoms with Crippen molar-refractivity contribution >= 4 is 23.3 Å². The molecule has 22 heavy (non-hydrogen) atoms. The van der Waals surface area contributed by atoms with Crippen LogP contribution in [0.3, 0.4) is 0 Å². The van der Waals surface area contributed by atoms with Crippen molar-refractivity contribution in [3.05, 3.63) is 51.8 Å². The highest BCUT2D eigenvalue weighted by Gasteiger charge is 2.18. The molecule has 0 spiro atoms. The predicted molar refractivity (Wildman–Crippen MR) is 77.5 cm³/mol. The second-order valence-corrected chi connectivity index (χ2v) is 4.48. The molecule has 114 valence electrons. The van der Waals surface area contributed by atoms with Crippen LogP contribution in [-0.4, -0.2) is 26.6 Å². The van der Waals surface area contributed by atoms with Crippen molar-refractivity contribution in [1.29, 1.82) is 0 Å². The van der Waals surface area contributed by atoms with E-state index in [0.717, 1.165) is 0 Å². The lowest BCUT2D eigenvalue weighted by Gasteiger charge is -2.06. The summed E-state index contributed by atoms with van der Waals surface area (Å²) in [7, 11) is 1.65. The molecule has 2 rings (SSSR count). The highest BCUT2D eigenvalue weighted by atomic mass is 16.6. The zero-order valence-electron chi connectivity index (χ0n) is 11.9. The number of nitrogens with one attached hydrogen (secondary N) is 2. The minimum atomic E-state index is -0.859. The average molecular weight is 303 g/mol. The van der Waals surface area contributed by atoms with Gasteiger partial charge in [0.15, 0.2) is 0 Å². The number of urea groups is 1. The maximum absolute atomic E-state index is 11.9. The number of nitrogens with zero attached hydrogens (tertiary/aromatic N) is 3. The summed E-state index contributed by atoms with van der Waals surface area (Å²) >= 11 is 0. The second kappa shape index (κ2) is 6.04. The molecule has 2 N–H and O–H groups in total. The van der Waals surface area contributed by atoms with Gasteiger partial charge < -0.3 is 5.32 Å². The minimum absolute atomic E-state index is 0.000656. The molecule has 2 aromatic rings. The van der Waals surface area contributed by atoms with Crippen molar-refractivity contribution in [1.82, 2.24) is 15.1 Å². The number of nitro benzene ring substituents is 1. The molecule has 0 saturated carbocycles. The van der Waals surface area contributed by atoms with E-state index in [4.69, 9.17) is 0 Å². The fraction of sp³-hybridized carbons (Fsp3) is 0.154. The number of anilines is 1. The topological polar surface area (TPSA) is 119 Å². The molecule has 1 aromatic heterocycles. The van der Waals surface area contributed by atoms with Gasteiger partial charge in [-0.3, -0.25) is 24.9 Å². The number of carbonyl (C=O) groups excluding carboxylic acids is 2. The summed E-state index contributed by atoms with van der Waals surface area (Å²) in [6, 6.07) is 4.78. The summed E-state index contributed by atoms with van der Waals surface area (Å²) in [6.07, 6.45) is 1.48. The highest BCUT2D eigenvalue weighted by Crippen LogP contribution is 2.22. The van der Waals surface area contributed by atoms with Crippen LogP contribution >= 0.6 is 0 Å². The summed E-state index contributed by atoms with van der Waals surface area (Å²) < 4.78 is 1.45. The van der Waals surface area contributed by atoms with E-state index in [1.54, 1.807) is 14.0 Å². The van der Waals surface area contributed by atoms with Crippen LogP contribution < -0.4 is 10.6 Å². The average Bonchev–Trinajstić information content (AvgIpc) is 2.78. The Balaban J connectivity index is 2.09. The predicted octanol–water partition coefficient (Wildman–Crippen LogP) is 1.60. The molecule has 0 aliphatic rings. The Morgan fingerprint density at radius 1 is 1.32 bits per heavy atom. The molecule has 9 heteroatoms. The van der Waals surface area contributed by atoms with Gasteiger partial charge in [0.1, 0.15) is 5.69 Å². The zero-order chi connectivity index (χ0) is 16.3. The largest absolute Gasteiger partial charge is 0.326 e. The van der Waals surface area contributed by atoms with Gasteiger partial charge in [-0.15, -0.1) is 0 Å². The molecule has 0 atom stereocenters. The Hall–Kier alpha value is -3.23. The van der Waals surface area contributed by atoms with Crippen molar-refractivity contribution in [3.63, 3.8) is 0 Å². The van der Waals surface area contributed by atoms with Crippen molar-refractivity contribution in [2.75, 3.05) is 5.32 Å². The van der Waals surface area contributed by atoms with E-state index >= 15 is 0 Å². The Labute approximate surface area is 125 Å². The van der Waals surface area contributed by atoms with Crippen LogP contribution in [0.5, 0.6) is 0 Å². The number of amides is 3. The van der Waals surface area contributed by atoms with Crippen molar-refractivity contribution in [3.8, 4) is 0 Å². The van der Waals surface area contributed by atoms with Gasteiger partial charge in [0.05, 0.1) is 16.2 Å². The van der Waals surface area contributed by atoms with E-state index in [9.17, 15) is 19.7 Å². The number of benzene rings is 1. The molecule has 1 aromatic carbocycles. The normalized spacial score (nSPS) is 10.1. The van der Waals surface area contributed by atoms with Crippen LogP contribution in [0.15, 0.2) is 30.5 Å². The molecule has 0 aliphatic heterocycles. The number of carbonyl (C=O) groups is 2. The number of para-hydroxylation sites is 2. The van der Waals surface area contributed by atoms with Crippen LogP contribution in [0.4, 0.5) is 16.2 Å². The third kappa shape index (κ3) is 3.26. The number of imide groups is 1. The van der Waals surface area contributed by atoms with Gasteiger partial charge in [-0.1, -0.05) is 12.1 Å². The first kappa shape index (κ1) is 15.2. The van der Waals surface area contributed by atoms with Gasteiger partial charge in [0.2, 0.25) is 0 Å². The Morgan fingerprint density at radius 3 is 2.59 bits per heavy atom. The van der Waals surface area contributed by atoms with Crippen LogP contribution in [-0.2, 0) is 7.05 Å². The smallest absolute Gasteiger partial charge is 0.302 e. The summed E-state index contributed by atoms with van der Waals surface area (Å²) in [4.78, 5) is 34.0. The molecule has 0 bridgehead atoms. The van der Waals surface area contributed by atoms with Crippen LogP contribution in [0.25, 0.3) is 0 Å². The molecular formula is C13H13N5O4. The highest BCUT2D eigenvalue weighted by molar-refractivity contribution is 6.08. The van der Waals surface area contributed by atoms with Gasteiger partial charge in [-0.05, 0) is 13.0 Å². The van der Waals surface area contributed by atoms with E-state index in [1.807, 2.05) is 0 Å². The quantitative estimate of drug-likeness (QED) is 0.659. The molecular weight excluding hydrogens is 290 g/mol. The molecule has 0 fully saturated rings. The molecule has 3 amide bonds. The van der Waals surface area contributed by atoms with E-state index < -0.39 is 16.9 Å². The number of rotatable bonds is 3. The first-order valence-electron chi connectivity index (χ1n) is 6.24. The first-order valence-corrected chi connectivity index (χ1v) is 6.24. The molecule has 9 nitrogen and oxygen atoms in total. The second-order valence-electron chi connectivity index (χ2n) is 4.48. The summed E-state index contributed by atoms with van der Waals surface area (Å²) in [5, 5.41) is 19.2. The lowest BCUT2D eigenvalue weighted by atomic mass is 10.2. The standard InChI is InChI=1S/C13H13N5O4/c1-8-9(7-17(2)16-8)12(19)15-13(20)14-10-5-3-4-6-11(10)18(21)22/h3-7H,1-2H3,(H2,14,15,19,20). The SMILES string of the molecule is Cc1nn(C)cc1C(=O)NC(=O)Nc1ccccc1[N+](=O)[O-]. The molecule has 1 heterocycles. The summed E-state index contributed by atoms with van der Waals surface area (Å²) in [5.41, 5.74) is 0.460. The van der Waals surface area contributed by atoms with E-state index in [0.29, 0.717) is 5.69 Å². The van der Waals surface area contributed by atoms with Gasteiger partial charge in [-0.2, -0.15) is 5.10 Å². The number of aryl methyl sites for hydroxylation is 2. The van der Waals surface area contributed by atoms with Gasteiger partial charge >= 0.3 is 6.03 Å². The molecule has 0 radical (unpaired) electrons. The maximum Gasteiger partial charge on any atom is 0.326 e. The van der Waals surface area contributed by atoms with Crippen molar-refractivity contribution in [2.45, 2.75) is 6.92 Å². The van der Waals surface area contributed by atoms with Crippen LogP contribution in [0.1, 0.15) is 16.1 Å². The Bertz CT molecular complexity index is 753. The minimum Gasteiger partial charge on any atom is -0.302 e. The number of hydrogen-bond donors (Lipinski definition) is 2. The Morgan fingerprint density at radius 2 is 2.00 bits per heavy atom. The monoisotopic (exact) mass is 303 g/mol. The number of aromatic nitrogens is 2. The van der Waals surface area contributed by atoms with Gasteiger partial charge in [0.25, 0.3) is 11.6 Å². The first-order chi connectivity index (χ1) is 10.4. The van der Waals surface area contributed by atoms with Gasteiger partial charge in [-0.25, -0.2) is 4.79 Å². The van der Waals surface area contributed by atoms with Crippen LogP contribution in [0, 0.1) is 17.0 Å². The van der Waals surface area contributed by atoms with E-state index in [1.165, 1.54) is 35.1 Å². The fourth-order valence-corrected chi connectivity index (χ4v) is 1.89. The third-order valence-electron chi connectivity index (χ3n) is 2.83. The summed E-state index contributed by atoms with van der Waals surface area (Å²) in [5.74, 6) is -0.637. The van der Waals surface area contributed by atoms with Crippen LogP contribution in [0.2, 0.25) is 0 Å². The van der Waals surface area contributed by atoms with Gasteiger partial charge in [0, 0.05) is 19.3 Å². The lowest BCUT2D eigenvalue weighted by Crippen LogP contribution is -2.34. The van der Waals surface area contributed by atoms with Crippen molar-refractivity contribution in [2.24, 2.45) is 7.05 Å². The zero-order valence-corrected chi connectivity index (χ0v) is 11.9. The number of nitro groups is 1. The third-order valence-corrected chi connectivity index (χ3v) is 2.83. The summed E-state index contributed by atoms with van der Waals surface area (Å²) in [6.45, 7) is 1.63. The number of hydrogen-bond acceptors (Lipinski definition) is 5. The van der Waals surface area contributed by atoms with E-state index in [-0.39, 0.29) is 16.9 Å². The van der Waals surface area contributed by atoms with E-state index in [2.05, 4.69) is 15.7 Å². The molecule has 0 unspecified atom stereocenters. The molecule has 0 saturated heterocycles.